The van der Waals surface area contributed by atoms with E-state index in [1.165, 1.54) is 16.7 Å². The molecular weight excluding hydrogens is 412 g/mol. The Balaban J connectivity index is 1.61. The van der Waals surface area contributed by atoms with E-state index in [2.05, 4.69) is 62.1 Å². The number of fused-ring (bicyclic) bond motifs is 2. The summed E-state index contributed by atoms with van der Waals surface area (Å²) < 4.78 is 22.9. The Kier molecular flexibility index (Phi) is 5.59. The van der Waals surface area contributed by atoms with Crippen LogP contribution < -0.4 is 18.9 Å². The summed E-state index contributed by atoms with van der Waals surface area (Å²) >= 11 is 0. The van der Waals surface area contributed by atoms with Gasteiger partial charge in [-0.1, -0.05) is 68.1 Å². The molecule has 2 aliphatic rings. The molecule has 1 heterocycles. The highest BCUT2D eigenvalue weighted by atomic mass is 16.7. The zero-order chi connectivity index (χ0) is 22.9. The van der Waals surface area contributed by atoms with Crippen molar-refractivity contribution in [2.24, 2.45) is 0 Å². The summed E-state index contributed by atoms with van der Waals surface area (Å²) in [6.07, 6.45) is 7.12. The summed E-state index contributed by atoms with van der Waals surface area (Å²) in [4.78, 5) is 0. The molecule has 0 spiro atoms. The summed E-state index contributed by atoms with van der Waals surface area (Å²) in [6.45, 7) is 6.59. The first-order valence-corrected chi connectivity index (χ1v) is 11.2. The molecule has 1 aliphatic heterocycles. The number of hydrogen-bond acceptors (Lipinski definition) is 4. The van der Waals surface area contributed by atoms with Crippen molar-refractivity contribution in [2.75, 3.05) is 21.0 Å². The molecule has 168 valence electrons. The zero-order valence-corrected chi connectivity index (χ0v) is 19.3. The Morgan fingerprint density at radius 3 is 2.42 bits per heavy atom. The van der Waals surface area contributed by atoms with Gasteiger partial charge in [0.2, 0.25) is 6.79 Å². The predicted octanol–water partition coefficient (Wildman–Crippen LogP) is 6.58. The Morgan fingerprint density at radius 1 is 0.970 bits per heavy atom. The van der Waals surface area contributed by atoms with Crippen LogP contribution in [-0.2, 0) is 6.42 Å². The molecule has 5 rings (SSSR count). The van der Waals surface area contributed by atoms with Crippen molar-refractivity contribution in [1.29, 1.82) is 0 Å². The van der Waals surface area contributed by atoms with E-state index in [1.54, 1.807) is 14.2 Å². The van der Waals surface area contributed by atoms with Crippen LogP contribution in [0.5, 0.6) is 23.0 Å². The Morgan fingerprint density at radius 2 is 1.70 bits per heavy atom. The topological polar surface area (TPSA) is 36.9 Å². The number of methoxy groups -OCH3 is 2. The molecule has 0 N–H and O–H groups in total. The van der Waals surface area contributed by atoms with Crippen molar-refractivity contribution in [3.8, 4) is 23.0 Å². The highest BCUT2D eigenvalue weighted by Gasteiger charge is 2.31. The van der Waals surface area contributed by atoms with Gasteiger partial charge < -0.3 is 18.9 Å². The molecule has 4 heteroatoms. The molecule has 2 unspecified atom stereocenters. The Hall–Kier alpha value is -3.66. The smallest absolute Gasteiger partial charge is 0.231 e. The molecule has 4 nitrogen and oxygen atoms in total. The van der Waals surface area contributed by atoms with Crippen molar-refractivity contribution >= 4 is 12.2 Å². The summed E-state index contributed by atoms with van der Waals surface area (Å²) in [5, 5.41) is 0. The lowest BCUT2D eigenvalue weighted by atomic mass is 9.75. The number of allylic oxidation sites excluding steroid dienone is 1. The quantitative estimate of drug-likeness (QED) is 0.434. The number of rotatable bonds is 6. The van der Waals surface area contributed by atoms with E-state index in [-0.39, 0.29) is 18.6 Å². The maximum Gasteiger partial charge on any atom is 0.231 e. The Bertz CT molecular complexity index is 1230. The third-order valence-corrected chi connectivity index (χ3v) is 6.69. The summed E-state index contributed by atoms with van der Waals surface area (Å²) in [6, 6.07) is 16.9. The van der Waals surface area contributed by atoms with Gasteiger partial charge in [-0.05, 0) is 40.3 Å². The van der Waals surface area contributed by atoms with Crippen LogP contribution in [0.1, 0.15) is 52.1 Å². The van der Waals surface area contributed by atoms with Crippen molar-refractivity contribution in [3.05, 3.63) is 94.6 Å². The molecule has 0 bridgehead atoms. The molecular formula is C29H28O4. The van der Waals surface area contributed by atoms with Gasteiger partial charge in [-0.25, -0.2) is 0 Å². The fourth-order valence-corrected chi connectivity index (χ4v) is 5.00. The molecule has 33 heavy (non-hydrogen) atoms. The van der Waals surface area contributed by atoms with Gasteiger partial charge in [0.25, 0.3) is 0 Å². The van der Waals surface area contributed by atoms with E-state index < -0.39 is 0 Å². The molecule has 0 fully saturated rings. The van der Waals surface area contributed by atoms with Crippen LogP contribution in [-0.4, -0.2) is 21.0 Å². The van der Waals surface area contributed by atoms with Crippen LogP contribution in [0.15, 0.2) is 61.2 Å². The molecule has 0 radical (unpaired) electrons. The number of ether oxygens (including phenoxy) is 4. The van der Waals surface area contributed by atoms with E-state index in [0.717, 1.165) is 46.1 Å². The lowest BCUT2D eigenvalue weighted by Crippen LogP contribution is -2.13. The second-order valence-electron chi connectivity index (χ2n) is 8.48. The highest BCUT2D eigenvalue weighted by molar-refractivity contribution is 5.72. The minimum absolute atomic E-state index is 0.160. The number of hydrogen-bond donors (Lipinski definition) is 0. The van der Waals surface area contributed by atoms with Gasteiger partial charge in [0.1, 0.15) is 0 Å². The fourth-order valence-electron chi connectivity index (χ4n) is 5.00. The van der Waals surface area contributed by atoms with E-state index in [4.69, 9.17) is 18.9 Å². The first kappa shape index (κ1) is 21.2. The van der Waals surface area contributed by atoms with Crippen molar-refractivity contribution in [1.82, 2.24) is 0 Å². The highest BCUT2D eigenvalue weighted by Crippen LogP contribution is 2.49. The van der Waals surface area contributed by atoms with Crippen molar-refractivity contribution < 1.29 is 18.9 Å². The molecule has 0 aromatic heterocycles. The fraction of sp³-hybridized carbons (Fsp3) is 0.241. The maximum atomic E-state index is 5.95. The maximum absolute atomic E-state index is 5.95. The van der Waals surface area contributed by atoms with E-state index >= 15 is 0 Å². The van der Waals surface area contributed by atoms with Gasteiger partial charge in [0.05, 0.1) is 14.2 Å². The second kappa shape index (κ2) is 8.70. The van der Waals surface area contributed by atoms with Gasteiger partial charge in [0, 0.05) is 23.5 Å². The monoisotopic (exact) mass is 440 g/mol. The normalized spacial score (nSPS) is 18.0. The third kappa shape index (κ3) is 3.66. The SMILES string of the molecule is C=Cc1c(C2C=Cc3cc(OC)c(OC)cc3C2C)cc(Cc2ccccc2)c2c1OCO2. The number of benzene rings is 3. The van der Waals surface area contributed by atoms with Crippen molar-refractivity contribution in [2.45, 2.75) is 25.2 Å². The summed E-state index contributed by atoms with van der Waals surface area (Å²) in [5.41, 5.74) is 6.96. The molecule has 1 aliphatic carbocycles. The van der Waals surface area contributed by atoms with E-state index in [0.29, 0.717) is 0 Å². The van der Waals surface area contributed by atoms with Crippen LogP contribution in [0, 0.1) is 0 Å². The van der Waals surface area contributed by atoms with E-state index in [1.807, 2.05) is 18.2 Å². The molecule has 0 amide bonds. The van der Waals surface area contributed by atoms with Gasteiger partial charge >= 0.3 is 0 Å². The van der Waals surface area contributed by atoms with Crippen LogP contribution in [0.2, 0.25) is 0 Å². The van der Waals surface area contributed by atoms with Crippen LogP contribution >= 0.6 is 0 Å². The molecule has 2 atom stereocenters. The Labute approximate surface area is 195 Å². The average Bonchev–Trinajstić information content (AvgIpc) is 3.34. The van der Waals surface area contributed by atoms with E-state index in [9.17, 15) is 0 Å². The third-order valence-electron chi connectivity index (χ3n) is 6.69. The summed E-state index contributed by atoms with van der Waals surface area (Å²) in [5.74, 6) is 3.51. The minimum Gasteiger partial charge on any atom is -0.493 e. The first-order chi connectivity index (χ1) is 16.1. The van der Waals surface area contributed by atoms with Crippen LogP contribution in [0.3, 0.4) is 0 Å². The van der Waals surface area contributed by atoms with Crippen molar-refractivity contribution in [3.63, 3.8) is 0 Å². The van der Waals surface area contributed by atoms with Gasteiger partial charge in [-0.2, -0.15) is 0 Å². The molecule has 0 saturated heterocycles. The standard InChI is InChI=1S/C29H28O4/c1-5-22-25(14-21(28-29(22)33-17-32-28)13-19-9-7-6-8-10-19)23-12-11-20-15-26(30-3)27(31-4)16-24(20)18(23)2/h5-12,14-16,18,23H,1,13,17H2,2-4H3. The van der Waals surface area contributed by atoms with Crippen LogP contribution in [0.4, 0.5) is 0 Å². The lowest BCUT2D eigenvalue weighted by molar-refractivity contribution is 0.173. The van der Waals surface area contributed by atoms with Gasteiger partial charge in [0.15, 0.2) is 23.0 Å². The van der Waals surface area contributed by atoms with Gasteiger partial charge in [-0.15, -0.1) is 0 Å². The average molecular weight is 441 g/mol. The molecule has 3 aromatic carbocycles. The molecule has 0 saturated carbocycles. The predicted molar refractivity (Wildman–Crippen MR) is 132 cm³/mol. The zero-order valence-electron chi connectivity index (χ0n) is 19.3. The van der Waals surface area contributed by atoms with Gasteiger partial charge in [-0.3, -0.25) is 0 Å². The largest absolute Gasteiger partial charge is 0.493 e. The molecule has 3 aromatic rings. The lowest BCUT2D eigenvalue weighted by Gasteiger charge is -2.30. The second-order valence-corrected chi connectivity index (χ2v) is 8.48. The minimum atomic E-state index is 0.160. The summed E-state index contributed by atoms with van der Waals surface area (Å²) in [7, 11) is 3.34. The van der Waals surface area contributed by atoms with Crippen LogP contribution in [0.25, 0.3) is 12.2 Å². The first-order valence-electron chi connectivity index (χ1n) is 11.2.